The van der Waals surface area contributed by atoms with Crippen LogP contribution in [0.15, 0.2) is 59.7 Å². The van der Waals surface area contributed by atoms with Crippen LogP contribution in [0.5, 0.6) is 0 Å². The third-order valence-electron chi connectivity index (χ3n) is 3.18. The smallest absolute Gasteiger partial charge is 0.332 e. The molecule has 20 heavy (non-hydrogen) atoms. The third kappa shape index (κ3) is 2.19. The quantitative estimate of drug-likeness (QED) is 0.416. The van der Waals surface area contributed by atoms with Crippen LogP contribution >= 0.6 is 0 Å². The Morgan fingerprint density at radius 2 is 1.75 bits per heavy atom. The maximum atomic E-state index is 10.7. The van der Waals surface area contributed by atoms with Gasteiger partial charge in [-0.3, -0.25) is 0 Å². The van der Waals surface area contributed by atoms with Gasteiger partial charge in [0.1, 0.15) is 0 Å². The summed E-state index contributed by atoms with van der Waals surface area (Å²) in [5, 5.41) is 8.42. The van der Waals surface area contributed by atoms with Crippen LogP contribution in [-0.2, 0) is 0 Å². The van der Waals surface area contributed by atoms with Gasteiger partial charge >= 0.3 is 6.03 Å². The Balaban J connectivity index is 2.23. The summed E-state index contributed by atoms with van der Waals surface area (Å²) in [6.45, 7) is 0. The number of rotatable bonds is 2. The Morgan fingerprint density at radius 3 is 2.60 bits per heavy atom. The van der Waals surface area contributed by atoms with Gasteiger partial charge in [-0.15, -0.1) is 0 Å². The second kappa shape index (κ2) is 5.01. The maximum absolute atomic E-state index is 10.7. The first kappa shape index (κ1) is 12.2. The molecule has 0 spiro atoms. The second-order valence-corrected chi connectivity index (χ2v) is 4.47. The van der Waals surface area contributed by atoms with Crippen molar-refractivity contribution >= 4 is 33.8 Å². The summed E-state index contributed by atoms with van der Waals surface area (Å²) in [5.74, 6) is 0. The summed E-state index contributed by atoms with van der Waals surface area (Å²) in [4.78, 5) is 10.7. The van der Waals surface area contributed by atoms with E-state index < -0.39 is 6.03 Å². The molecule has 0 atom stereocenters. The van der Waals surface area contributed by atoms with E-state index in [1.54, 1.807) is 6.21 Å². The molecule has 3 N–H and O–H groups in total. The Morgan fingerprint density at radius 1 is 1.00 bits per heavy atom. The molecule has 2 amide bonds. The summed E-state index contributed by atoms with van der Waals surface area (Å²) in [5.41, 5.74) is 8.15. The number of nitrogens with one attached hydrogen (secondary N) is 1. The highest BCUT2D eigenvalue weighted by Crippen LogP contribution is 2.27. The van der Waals surface area contributed by atoms with E-state index in [4.69, 9.17) is 5.73 Å². The fraction of sp³-hybridized carbons (Fsp3) is 0. The molecule has 0 aliphatic heterocycles. The lowest BCUT2D eigenvalue weighted by Gasteiger charge is -2.06. The third-order valence-corrected chi connectivity index (χ3v) is 3.18. The van der Waals surface area contributed by atoms with E-state index in [2.05, 4.69) is 40.9 Å². The molecule has 0 aliphatic rings. The van der Waals surface area contributed by atoms with Gasteiger partial charge in [-0.25, -0.2) is 10.2 Å². The molecule has 3 aromatic carbocycles. The van der Waals surface area contributed by atoms with Crippen molar-refractivity contribution < 1.29 is 4.79 Å². The molecule has 0 bridgehead atoms. The number of hydrogen-bond acceptors (Lipinski definition) is 2. The van der Waals surface area contributed by atoms with Crippen LogP contribution in [0.25, 0.3) is 21.5 Å². The molecule has 3 aromatic rings. The van der Waals surface area contributed by atoms with Crippen molar-refractivity contribution in [3.05, 3.63) is 60.2 Å². The number of hydrazone groups is 1. The predicted octanol–water partition coefficient (Wildman–Crippen LogP) is 3.00. The fourth-order valence-electron chi connectivity index (χ4n) is 2.36. The summed E-state index contributed by atoms with van der Waals surface area (Å²) in [6, 6.07) is 17.7. The van der Waals surface area contributed by atoms with E-state index >= 15 is 0 Å². The SMILES string of the molecule is NC(=O)NN=Cc1cccc2ccc3ccccc3c12. The van der Waals surface area contributed by atoms with Gasteiger partial charge in [-0.2, -0.15) is 5.10 Å². The number of benzene rings is 3. The van der Waals surface area contributed by atoms with Gasteiger partial charge < -0.3 is 5.73 Å². The van der Waals surface area contributed by atoms with Crippen molar-refractivity contribution in [2.45, 2.75) is 0 Å². The maximum Gasteiger partial charge on any atom is 0.332 e. The summed E-state index contributed by atoms with van der Waals surface area (Å²) >= 11 is 0. The first-order valence-electron chi connectivity index (χ1n) is 6.25. The van der Waals surface area contributed by atoms with Crippen molar-refractivity contribution in [2.75, 3.05) is 0 Å². The molecule has 4 nitrogen and oxygen atoms in total. The zero-order valence-electron chi connectivity index (χ0n) is 10.7. The van der Waals surface area contributed by atoms with Crippen LogP contribution in [-0.4, -0.2) is 12.2 Å². The van der Waals surface area contributed by atoms with Crippen molar-refractivity contribution in [1.82, 2.24) is 5.43 Å². The van der Waals surface area contributed by atoms with Gasteiger partial charge in [-0.05, 0) is 21.5 Å². The number of nitrogens with zero attached hydrogens (tertiary/aromatic N) is 1. The topological polar surface area (TPSA) is 67.5 Å². The number of carbonyl (C=O) groups is 1. The molecule has 0 heterocycles. The number of amides is 2. The van der Waals surface area contributed by atoms with Crippen LogP contribution in [0.2, 0.25) is 0 Å². The number of primary amides is 1. The Hall–Kier alpha value is -2.88. The van der Waals surface area contributed by atoms with Crippen molar-refractivity contribution in [3.8, 4) is 0 Å². The monoisotopic (exact) mass is 263 g/mol. The minimum atomic E-state index is -0.675. The van der Waals surface area contributed by atoms with E-state index in [1.165, 1.54) is 5.39 Å². The number of nitrogens with two attached hydrogens (primary N) is 1. The minimum absolute atomic E-state index is 0.675. The summed E-state index contributed by atoms with van der Waals surface area (Å²) in [7, 11) is 0. The van der Waals surface area contributed by atoms with E-state index in [0.717, 1.165) is 21.7 Å². The van der Waals surface area contributed by atoms with Gasteiger partial charge in [0.05, 0.1) is 6.21 Å². The van der Waals surface area contributed by atoms with Gasteiger partial charge in [0.2, 0.25) is 0 Å². The minimum Gasteiger partial charge on any atom is -0.350 e. The highest BCUT2D eigenvalue weighted by atomic mass is 16.2. The lowest BCUT2D eigenvalue weighted by atomic mass is 9.98. The highest BCUT2D eigenvalue weighted by Gasteiger charge is 2.03. The Bertz CT molecular complexity index is 824. The average Bonchev–Trinajstić information content (AvgIpc) is 2.46. The van der Waals surface area contributed by atoms with Gasteiger partial charge in [-0.1, -0.05) is 54.6 Å². The van der Waals surface area contributed by atoms with E-state index in [0.29, 0.717) is 0 Å². The summed E-state index contributed by atoms with van der Waals surface area (Å²) < 4.78 is 0. The van der Waals surface area contributed by atoms with Gasteiger partial charge in [0.25, 0.3) is 0 Å². The Labute approximate surface area is 115 Å². The molecular weight excluding hydrogens is 250 g/mol. The number of hydrogen-bond donors (Lipinski definition) is 2. The molecule has 0 aromatic heterocycles. The molecule has 0 aliphatic carbocycles. The largest absolute Gasteiger partial charge is 0.350 e. The zero-order chi connectivity index (χ0) is 13.9. The van der Waals surface area contributed by atoms with Crippen LogP contribution in [0.3, 0.4) is 0 Å². The van der Waals surface area contributed by atoms with Crippen LogP contribution < -0.4 is 11.2 Å². The predicted molar refractivity (Wildman–Crippen MR) is 81.8 cm³/mol. The summed E-state index contributed by atoms with van der Waals surface area (Å²) in [6.07, 6.45) is 1.61. The lowest BCUT2D eigenvalue weighted by Crippen LogP contribution is -2.24. The molecule has 4 heteroatoms. The molecular formula is C16H13N3O. The number of fused-ring (bicyclic) bond motifs is 3. The zero-order valence-corrected chi connectivity index (χ0v) is 10.7. The average molecular weight is 263 g/mol. The van der Waals surface area contributed by atoms with E-state index in [1.807, 2.05) is 24.3 Å². The first-order chi connectivity index (χ1) is 9.75. The van der Waals surface area contributed by atoms with Crippen LogP contribution in [0.4, 0.5) is 4.79 Å². The van der Waals surface area contributed by atoms with E-state index in [9.17, 15) is 4.79 Å². The molecule has 0 saturated carbocycles. The van der Waals surface area contributed by atoms with Gasteiger partial charge in [0.15, 0.2) is 0 Å². The lowest BCUT2D eigenvalue weighted by molar-refractivity contribution is 0.249. The number of carbonyl (C=O) groups excluding carboxylic acids is 1. The standard InChI is InChI=1S/C16H13N3O/c17-16(20)19-18-10-13-6-3-5-12-9-8-11-4-1-2-7-14(11)15(12)13/h1-10H,(H3,17,19,20). The fourth-order valence-corrected chi connectivity index (χ4v) is 2.36. The van der Waals surface area contributed by atoms with Crippen molar-refractivity contribution in [1.29, 1.82) is 0 Å². The molecule has 0 unspecified atom stereocenters. The molecule has 0 radical (unpaired) electrons. The molecule has 0 fully saturated rings. The van der Waals surface area contributed by atoms with E-state index in [-0.39, 0.29) is 0 Å². The molecule has 3 rings (SSSR count). The van der Waals surface area contributed by atoms with Crippen LogP contribution in [0, 0.1) is 0 Å². The van der Waals surface area contributed by atoms with Crippen LogP contribution in [0.1, 0.15) is 5.56 Å². The molecule has 98 valence electrons. The highest BCUT2D eigenvalue weighted by molar-refractivity contribution is 6.14. The number of urea groups is 1. The molecule has 0 saturated heterocycles. The first-order valence-corrected chi connectivity index (χ1v) is 6.25. The normalized spacial score (nSPS) is 11.2. The van der Waals surface area contributed by atoms with Gasteiger partial charge in [0, 0.05) is 5.56 Å². The Kier molecular flexibility index (Phi) is 3.05. The van der Waals surface area contributed by atoms with Crippen molar-refractivity contribution in [3.63, 3.8) is 0 Å². The second-order valence-electron chi connectivity index (χ2n) is 4.47. The van der Waals surface area contributed by atoms with Crippen molar-refractivity contribution in [2.24, 2.45) is 10.8 Å².